The first-order valence-corrected chi connectivity index (χ1v) is 21.5. The van der Waals surface area contributed by atoms with Crippen molar-refractivity contribution < 1.29 is 4.42 Å². The predicted octanol–water partition coefficient (Wildman–Crippen LogP) is 14.0. The topological polar surface area (TPSA) is 21.3 Å². The van der Waals surface area contributed by atoms with Crippen LogP contribution in [0.2, 0.25) is 0 Å². The maximum Gasteiger partial charge on any atom is 0.333 e. The summed E-state index contributed by atoms with van der Waals surface area (Å²) in [4.78, 5) is 2.56. The van der Waals surface area contributed by atoms with Crippen molar-refractivity contribution in [2.75, 3.05) is 4.90 Å². The Kier molecular flexibility index (Phi) is 5.51. The van der Waals surface area contributed by atoms with Crippen LogP contribution in [-0.2, 0) is 0 Å². The van der Waals surface area contributed by atoms with Crippen LogP contribution in [0.5, 0.6) is 0 Å². The molecule has 6 heterocycles. The smallest absolute Gasteiger partial charge is 0.333 e. The van der Waals surface area contributed by atoms with E-state index in [1.54, 1.807) is 0 Å². The van der Waals surface area contributed by atoms with Crippen molar-refractivity contribution in [3.05, 3.63) is 164 Å². The summed E-state index contributed by atoms with van der Waals surface area (Å²) in [5.41, 5.74) is 13.1. The van der Waals surface area contributed by atoms with E-state index >= 15 is 0 Å². The fourth-order valence-electron chi connectivity index (χ4n) is 10.8. The summed E-state index contributed by atoms with van der Waals surface area (Å²) in [6.07, 6.45) is 0. The fraction of sp³-hybridized carbons (Fsp3) is 0. The lowest BCUT2D eigenvalue weighted by molar-refractivity contribution is 0.669. The molecule has 0 spiro atoms. The van der Waals surface area contributed by atoms with Gasteiger partial charge in [0.25, 0.3) is 0 Å². The molecule has 9 aromatic carbocycles. The van der Waals surface area contributed by atoms with Crippen molar-refractivity contribution in [3.8, 4) is 11.1 Å². The number of thiophene rings is 2. The number of furan rings is 1. The Bertz CT molecular complexity index is 4020. The first kappa shape index (κ1) is 30.3. The predicted molar refractivity (Wildman–Crippen MR) is 251 cm³/mol. The third kappa shape index (κ3) is 3.63. The van der Waals surface area contributed by atoms with Gasteiger partial charge >= 0.3 is 6.85 Å². The molecule has 2 aliphatic heterocycles. The number of hydrogen-bond donors (Lipinski definition) is 0. The molecule has 0 saturated heterocycles. The van der Waals surface area contributed by atoms with Crippen LogP contribution in [0.3, 0.4) is 0 Å². The van der Waals surface area contributed by atoms with Gasteiger partial charge in [-0.2, -0.15) is 0 Å². The minimum Gasteiger partial charge on any atom is -0.456 e. The fourth-order valence-corrected chi connectivity index (χ4v) is 13.0. The third-order valence-corrected chi connectivity index (χ3v) is 15.4. The van der Waals surface area contributed by atoms with Crippen LogP contribution in [-0.4, -0.2) is 11.3 Å². The lowest BCUT2D eigenvalue weighted by Crippen LogP contribution is -2.56. The Hall–Kier alpha value is -6.86. The zero-order valence-corrected chi connectivity index (χ0v) is 32.4. The van der Waals surface area contributed by atoms with Crippen LogP contribution in [0.4, 0.5) is 17.1 Å². The highest BCUT2D eigenvalue weighted by Gasteiger charge is 2.44. The summed E-state index contributed by atoms with van der Waals surface area (Å²) in [6.45, 7) is -0.0876. The minimum absolute atomic E-state index is 0.0876. The Balaban J connectivity index is 1.18. The summed E-state index contributed by atoms with van der Waals surface area (Å²) in [6, 6.07) is 61.3. The monoisotopic (exact) mass is 770 g/mol. The average molecular weight is 771 g/mol. The standard InChI is InChI=1S/C52H27BN2OS2/c1-2-11-30-28(10-1)20-22-34-33-15-9-16-36-49-48-35-14-3-6-17-42(35)56-43(48)27-41-50(49)53(55(51(30)34)52(33)36)39-26-47-38(32-13-5-8-19-45(32)58-47)25-40(39)54(41)29-21-23-46-37(24-29)31-12-4-7-18-44(31)57-46/h1-27H. The molecule has 0 atom stereocenters. The molecular formula is C52H27BN2OS2. The molecule has 0 radical (unpaired) electrons. The molecule has 3 nitrogen and oxygen atoms in total. The molecule has 0 amide bonds. The maximum absolute atomic E-state index is 6.89. The highest BCUT2D eigenvalue weighted by Crippen LogP contribution is 2.51. The van der Waals surface area contributed by atoms with Gasteiger partial charge in [-0.05, 0) is 70.4 Å². The first-order chi connectivity index (χ1) is 28.8. The highest BCUT2D eigenvalue weighted by atomic mass is 32.1. The van der Waals surface area contributed by atoms with Gasteiger partial charge in [0.2, 0.25) is 0 Å². The number of hydrogen-bond acceptors (Lipinski definition) is 4. The van der Waals surface area contributed by atoms with Crippen molar-refractivity contribution in [1.29, 1.82) is 0 Å². The van der Waals surface area contributed by atoms with Crippen molar-refractivity contribution in [2.24, 2.45) is 0 Å². The van der Waals surface area contributed by atoms with Gasteiger partial charge in [0, 0.05) is 107 Å². The number of aromatic nitrogens is 1. The third-order valence-electron chi connectivity index (χ3n) is 13.1. The summed E-state index contributed by atoms with van der Waals surface area (Å²) < 4.78 is 14.9. The Morgan fingerprint density at radius 1 is 0.448 bits per heavy atom. The van der Waals surface area contributed by atoms with Crippen LogP contribution in [0.25, 0.3) is 106 Å². The quantitative estimate of drug-likeness (QED) is 0.155. The molecule has 15 rings (SSSR count). The van der Waals surface area contributed by atoms with E-state index in [0.29, 0.717) is 0 Å². The molecule has 2 aliphatic rings. The molecule has 266 valence electrons. The van der Waals surface area contributed by atoms with Crippen LogP contribution in [0, 0.1) is 0 Å². The van der Waals surface area contributed by atoms with Gasteiger partial charge in [0.05, 0.1) is 0 Å². The van der Waals surface area contributed by atoms with Gasteiger partial charge in [0.1, 0.15) is 11.2 Å². The second-order valence-corrected chi connectivity index (χ2v) is 18.1. The number of nitrogens with zero attached hydrogens (tertiary/aromatic N) is 2. The summed E-state index contributed by atoms with van der Waals surface area (Å²) >= 11 is 3.77. The Morgan fingerprint density at radius 3 is 2.00 bits per heavy atom. The second kappa shape index (κ2) is 10.5. The van der Waals surface area contributed by atoms with E-state index in [4.69, 9.17) is 4.42 Å². The maximum atomic E-state index is 6.89. The number of fused-ring (bicyclic) bond motifs is 19. The minimum atomic E-state index is -0.0876. The van der Waals surface area contributed by atoms with E-state index in [1.165, 1.54) is 112 Å². The van der Waals surface area contributed by atoms with Crippen LogP contribution in [0.1, 0.15) is 0 Å². The molecule has 0 aliphatic carbocycles. The molecule has 6 heteroatoms. The number of anilines is 3. The largest absolute Gasteiger partial charge is 0.456 e. The molecular weight excluding hydrogens is 744 g/mol. The van der Waals surface area contributed by atoms with Gasteiger partial charge in [-0.1, -0.05) is 109 Å². The molecule has 0 N–H and O–H groups in total. The molecule has 13 aromatic rings. The number of benzene rings is 9. The molecule has 0 bridgehead atoms. The van der Waals surface area contributed by atoms with Gasteiger partial charge in [-0.25, -0.2) is 0 Å². The van der Waals surface area contributed by atoms with E-state index in [9.17, 15) is 0 Å². The zero-order chi connectivity index (χ0) is 37.4. The SMILES string of the molecule is c1ccc2c(c1)ccc1c3cccc4c3n(c21)B1c2cc3sc5ccccc5c3cc2N(c2ccc3sc5ccccc5c3c2)c2cc3oc5ccccc5c3c-4c21. The lowest BCUT2D eigenvalue weighted by atomic mass is 9.44. The Labute approximate surface area is 339 Å². The zero-order valence-electron chi connectivity index (χ0n) is 30.8. The average Bonchev–Trinajstić information content (AvgIpc) is 4.03. The molecule has 0 unspecified atom stereocenters. The number of para-hydroxylation sites is 2. The van der Waals surface area contributed by atoms with E-state index < -0.39 is 0 Å². The van der Waals surface area contributed by atoms with E-state index in [2.05, 4.69) is 173 Å². The van der Waals surface area contributed by atoms with E-state index in [-0.39, 0.29) is 6.85 Å². The van der Waals surface area contributed by atoms with Crippen molar-refractivity contribution in [2.45, 2.75) is 0 Å². The Morgan fingerprint density at radius 2 is 1.14 bits per heavy atom. The van der Waals surface area contributed by atoms with Gasteiger partial charge in [0.15, 0.2) is 0 Å². The normalized spacial score (nSPS) is 13.4. The van der Waals surface area contributed by atoms with Crippen molar-refractivity contribution in [1.82, 2.24) is 4.48 Å². The molecule has 0 fully saturated rings. The number of rotatable bonds is 1. The highest BCUT2D eigenvalue weighted by molar-refractivity contribution is 7.26. The van der Waals surface area contributed by atoms with Gasteiger partial charge < -0.3 is 13.8 Å². The molecule has 4 aromatic heterocycles. The lowest BCUT2D eigenvalue weighted by Gasteiger charge is -2.40. The van der Waals surface area contributed by atoms with Gasteiger partial charge in [-0.15, -0.1) is 22.7 Å². The second-order valence-electron chi connectivity index (χ2n) is 15.9. The van der Waals surface area contributed by atoms with Crippen LogP contribution < -0.4 is 15.8 Å². The van der Waals surface area contributed by atoms with E-state index in [0.717, 1.165) is 22.2 Å². The summed E-state index contributed by atoms with van der Waals surface area (Å²) in [5, 5.41) is 12.7. The van der Waals surface area contributed by atoms with Crippen LogP contribution in [0.15, 0.2) is 168 Å². The van der Waals surface area contributed by atoms with Crippen molar-refractivity contribution >= 4 is 152 Å². The summed E-state index contributed by atoms with van der Waals surface area (Å²) in [5.74, 6) is 0. The first-order valence-electron chi connectivity index (χ1n) is 19.9. The molecule has 58 heavy (non-hydrogen) atoms. The van der Waals surface area contributed by atoms with Gasteiger partial charge in [-0.3, -0.25) is 0 Å². The van der Waals surface area contributed by atoms with Crippen molar-refractivity contribution in [3.63, 3.8) is 0 Å². The summed E-state index contributed by atoms with van der Waals surface area (Å²) in [7, 11) is 0. The van der Waals surface area contributed by atoms with Crippen LogP contribution >= 0.6 is 22.7 Å². The molecule has 0 saturated carbocycles. The van der Waals surface area contributed by atoms with E-state index in [1.807, 2.05) is 22.7 Å².